The van der Waals surface area contributed by atoms with Gasteiger partial charge in [-0.2, -0.15) is 0 Å². The van der Waals surface area contributed by atoms with Crippen molar-refractivity contribution in [3.63, 3.8) is 0 Å². The molecule has 0 aliphatic carbocycles. The van der Waals surface area contributed by atoms with Crippen LogP contribution < -0.4 is 35.3 Å². The SMILES string of the molecule is CCCCCCCCCCCCCC(CN)S(=O)(=O)[O-].[Na+]. The molecule has 0 aromatic heterocycles. The van der Waals surface area contributed by atoms with Gasteiger partial charge in [-0.15, -0.1) is 0 Å². The molecule has 122 valence electrons. The van der Waals surface area contributed by atoms with Gasteiger partial charge in [0.2, 0.25) is 0 Å². The molecule has 21 heavy (non-hydrogen) atoms. The Hall–Kier alpha value is 0.870. The molecule has 6 heteroatoms. The van der Waals surface area contributed by atoms with Crippen molar-refractivity contribution < 1.29 is 42.5 Å². The van der Waals surface area contributed by atoms with Crippen LogP contribution in [0.5, 0.6) is 0 Å². The topological polar surface area (TPSA) is 83.2 Å². The van der Waals surface area contributed by atoms with Gasteiger partial charge in [0.05, 0.1) is 15.4 Å². The summed E-state index contributed by atoms with van der Waals surface area (Å²) in [6.45, 7) is 2.18. The van der Waals surface area contributed by atoms with E-state index < -0.39 is 15.4 Å². The first-order chi connectivity index (χ1) is 9.52. The average molecular weight is 329 g/mol. The first-order valence-electron chi connectivity index (χ1n) is 8.17. The average Bonchev–Trinajstić information content (AvgIpc) is 2.38. The van der Waals surface area contributed by atoms with Crippen LogP contribution in [0.4, 0.5) is 0 Å². The molecule has 4 nitrogen and oxygen atoms in total. The van der Waals surface area contributed by atoms with E-state index in [1.165, 1.54) is 51.4 Å². The second-order valence-corrected chi connectivity index (χ2v) is 7.33. The van der Waals surface area contributed by atoms with E-state index in [-0.39, 0.29) is 36.1 Å². The molecule has 0 aromatic rings. The Morgan fingerprint density at radius 3 is 1.57 bits per heavy atom. The van der Waals surface area contributed by atoms with Gasteiger partial charge in [-0.25, -0.2) is 8.42 Å². The van der Waals surface area contributed by atoms with Gasteiger partial charge in [0.1, 0.15) is 0 Å². The molecule has 0 saturated heterocycles. The largest absolute Gasteiger partial charge is 1.00 e. The molecule has 0 bridgehead atoms. The molecule has 1 unspecified atom stereocenters. The maximum absolute atomic E-state index is 10.8. The van der Waals surface area contributed by atoms with Gasteiger partial charge < -0.3 is 10.3 Å². The van der Waals surface area contributed by atoms with E-state index in [9.17, 15) is 13.0 Å². The van der Waals surface area contributed by atoms with Crippen molar-refractivity contribution in [2.75, 3.05) is 6.54 Å². The number of rotatable bonds is 14. The van der Waals surface area contributed by atoms with Crippen molar-refractivity contribution in [1.82, 2.24) is 0 Å². The molecule has 1 atom stereocenters. The third-order valence-electron chi connectivity index (χ3n) is 3.80. The third-order valence-corrected chi connectivity index (χ3v) is 5.05. The van der Waals surface area contributed by atoms with E-state index in [0.29, 0.717) is 6.42 Å². The van der Waals surface area contributed by atoms with Crippen LogP contribution >= 0.6 is 0 Å². The second kappa shape index (κ2) is 15.8. The number of unbranched alkanes of at least 4 members (excludes halogenated alkanes) is 10. The summed E-state index contributed by atoms with van der Waals surface area (Å²) >= 11 is 0. The van der Waals surface area contributed by atoms with Crippen molar-refractivity contribution >= 4 is 10.1 Å². The normalized spacial score (nSPS) is 12.9. The van der Waals surface area contributed by atoms with E-state index in [2.05, 4.69) is 6.92 Å². The van der Waals surface area contributed by atoms with Crippen LogP contribution in [0, 0.1) is 0 Å². The fourth-order valence-electron chi connectivity index (χ4n) is 2.42. The fraction of sp³-hybridized carbons (Fsp3) is 1.00. The molecule has 0 spiro atoms. The molecule has 0 aliphatic heterocycles. The van der Waals surface area contributed by atoms with E-state index in [4.69, 9.17) is 5.73 Å². The Balaban J connectivity index is 0. The summed E-state index contributed by atoms with van der Waals surface area (Å²) in [6, 6.07) is 0. The summed E-state index contributed by atoms with van der Waals surface area (Å²) in [5.74, 6) is 0. The summed E-state index contributed by atoms with van der Waals surface area (Å²) in [5.41, 5.74) is 5.31. The molecule has 0 fully saturated rings. The first kappa shape index (κ1) is 24.1. The van der Waals surface area contributed by atoms with Gasteiger partial charge in [0.15, 0.2) is 0 Å². The molecular formula is C15H32NNaO3S. The van der Waals surface area contributed by atoms with E-state index in [1.54, 1.807) is 0 Å². The number of hydrogen-bond donors (Lipinski definition) is 1. The van der Waals surface area contributed by atoms with Crippen LogP contribution in [0.15, 0.2) is 0 Å². The second-order valence-electron chi connectivity index (χ2n) is 5.67. The zero-order valence-electron chi connectivity index (χ0n) is 14.0. The Morgan fingerprint density at radius 1 is 0.857 bits per heavy atom. The Kier molecular flexibility index (Phi) is 18.1. The van der Waals surface area contributed by atoms with Gasteiger partial charge in [-0.3, -0.25) is 0 Å². The predicted molar refractivity (Wildman–Crippen MR) is 83.6 cm³/mol. The van der Waals surface area contributed by atoms with Crippen molar-refractivity contribution in [1.29, 1.82) is 0 Å². The quantitative estimate of drug-likeness (QED) is 0.287. The van der Waals surface area contributed by atoms with E-state index >= 15 is 0 Å². The Morgan fingerprint density at radius 2 is 1.24 bits per heavy atom. The molecule has 0 aromatic carbocycles. The molecule has 0 heterocycles. The summed E-state index contributed by atoms with van der Waals surface area (Å²) in [7, 11) is -4.20. The van der Waals surface area contributed by atoms with E-state index in [0.717, 1.165) is 19.3 Å². The maximum atomic E-state index is 10.8. The summed E-state index contributed by atoms with van der Waals surface area (Å²) in [4.78, 5) is 0. The van der Waals surface area contributed by atoms with Crippen molar-refractivity contribution in [2.45, 2.75) is 89.2 Å². The van der Waals surface area contributed by atoms with Crippen LogP contribution in [0.25, 0.3) is 0 Å². The van der Waals surface area contributed by atoms with Crippen LogP contribution in [0.1, 0.15) is 84.0 Å². The molecule has 0 amide bonds. The monoisotopic (exact) mass is 329 g/mol. The minimum Gasteiger partial charge on any atom is -0.748 e. The fourth-order valence-corrected chi connectivity index (χ4v) is 3.11. The number of nitrogens with two attached hydrogens (primary N) is 1. The molecule has 0 radical (unpaired) electrons. The Bertz CT molecular complexity index is 310. The standard InChI is InChI=1S/C15H33NO3S.Na/c1-2-3-4-5-6-7-8-9-10-11-12-13-15(14-16)20(17,18)19;/h15H,2-14,16H2,1H3,(H,17,18,19);/q;+1/p-1. The molecule has 0 saturated carbocycles. The van der Waals surface area contributed by atoms with Gasteiger partial charge in [0.25, 0.3) is 0 Å². The minimum absolute atomic E-state index is 0. The third kappa shape index (κ3) is 15.5. The maximum Gasteiger partial charge on any atom is 1.00 e. The zero-order chi connectivity index (χ0) is 15.3. The van der Waals surface area contributed by atoms with Gasteiger partial charge in [0, 0.05) is 6.54 Å². The molecule has 2 N–H and O–H groups in total. The van der Waals surface area contributed by atoms with Crippen LogP contribution in [-0.4, -0.2) is 24.8 Å². The summed E-state index contributed by atoms with van der Waals surface area (Å²) < 4.78 is 32.5. The molecular weight excluding hydrogens is 297 g/mol. The van der Waals surface area contributed by atoms with Crippen molar-refractivity contribution in [3.8, 4) is 0 Å². The molecule has 0 rings (SSSR count). The smallest absolute Gasteiger partial charge is 0.748 e. The van der Waals surface area contributed by atoms with Gasteiger partial charge in [-0.05, 0) is 6.42 Å². The summed E-state index contributed by atoms with van der Waals surface area (Å²) in [6.07, 6.45) is 13.8. The van der Waals surface area contributed by atoms with Gasteiger partial charge in [-0.1, -0.05) is 77.6 Å². The van der Waals surface area contributed by atoms with Crippen LogP contribution in [0.2, 0.25) is 0 Å². The first-order valence-corrected chi connectivity index (χ1v) is 9.64. The minimum atomic E-state index is -4.20. The zero-order valence-corrected chi connectivity index (χ0v) is 16.8. The van der Waals surface area contributed by atoms with E-state index in [1.807, 2.05) is 0 Å². The molecule has 0 aliphatic rings. The van der Waals surface area contributed by atoms with Gasteiger partial charge >= 0.3 is 29.6 Å². The van der Waals surface area contributed by atoms with Crippen LogP contribution in [0.3, 0.4) is 0 Å². The predicted octanol–water partition coefficient (Wildman–Crippen LogP) is 0.564. The number of hydrogen-bond acceptors (Lipinski definition) is 4. The van der Waals surface area contributed by atoms with Crippen molar-refractivity contribution in [2.24, 2.45) is 5.73 Å². The summed E-state index contributed by atoms with van der Waals surface area (Å²) in [5, 5.41) is -0.888. The van der Waals surface area contributed by atoms with Crippen LogP contribution in [-0.2, 0) is 10.1 Å². The van der Waals surface area contributed by atoms with Crippen molar-refractivity contribution in [3.05, 3.63) is 0 Å². The Labute approximate surface area is 153 Å².